The molecule has 0 amide bonds. The first-order valence-corrected chi connectivity index (χ1v) is 19.9. The number of carboxylic acids is 1. The molecule has 7 rings (SSSR count). The first kappa shape index (κ1) is 41.7. The van der Waals surface area contributed by atoms with Gasteiger partial charge in [-0.3, -0.25) is 9.58 Å². The van der Waals surface area contributed by atoms with Crippen molar-refractivity contribution in [2.24, 2.45) is 0 Å². The van der Waals surface area contributed by atoms with E-state index in [4.69, 9.17) is 30.5 Å². The number of methoxy groups -OCH3 is 1. The molecule has 1 atom stereocenters. The zero-order valence-corrected chi connectivity index (χ0v) is 34.0. The number of hydrogen-bond donors (Lipinski definition) is 1. The van der Waals surface area contributed by atoms with E-state index in [2.05, 4.69) is 36.9 Å². The van der Waals surface area contributed by atoms with E-state index >= 15 is 0 Å². The number of nitrogens with zero attached hydrogens (tertiary/aromatic N) is 7. The van der Waals surface area contributed by atoms with Crippen LogP contribution in [0.2, 0.25) is 5.02 Å². The highest BCUT2D eigenvalue weighted by molar-refractivity contribution is 7.22. The van der Waals surface area contributed by atoms with Crippen LogP contribution in [-0.4, -0.2) is 111 Å². The van der Waals surface area contributed by atoms with E-state index < -0.39 is 24.8 Å². The zero-order valence-electron chi connectivity index (χ0n) is 32.4. The van der Waals surface area contributed by atoms with Gasteiger partial charge in [0.15, 0.2) is 0 Å². The summed E-state index contributed by atoms with van der Waals surface area (Å²) in [5.74, 6) is -0.00416. The van der Waals surface area contributed by atoms with Gasteiger partial charge in [-0.25, -0.2) is 19.7 Å². The second-order valence-electron chi connectivity index (χ2n) is 13.9. The Labute approximate surface area is 346 Å². The number of aromatic nitrogens is 5. The molecular formula is C41H41ClF3N7O6S. The van der Waals surface area contributed by atoms with Crippen LogP contribution in [0.4, 0.5) is 13.2 Å². The molecule has 1 saturated heterocycles. The predicted molar refractivity (Wildman–Crippen MR) is 217 cm³/mol. The monoisotopic (exact) mass is 851 g/mol. The molecule has 0 radical (unpaired) electrons. The van der Waals surface area contributed by atoms with E-state index in [1.54, 1.807) is 36.5 Å². The lowest BCUT2D eigenvalue weighted by Crippen LogP contribution is -2.45. The maximum atomic E-state index is 13.1. The lowest BCUT2D eigenvalue weighted by atomic mass is 9.96. The number of para-hydroxylation sites is 1. The van der Waals surface area contributed by atoms with Crippen LogP contribution in [0.5, 0.6) is 23.3 Å². The maximum Gasteiger partial charge on any atom is 0.408 e. The number of halogens is 4. The van der Waals surface area contributed by atoms with Gasteiger partial charge in [0.25, 0.3) is 0 Å². The molecule has 1 aliphatic heterocycles. The SMILES string of the molecule is COc1ccc(-c2sc3ncnc(O[C@H](Cc4ccccc4OCc4ccnn4CC(F)(F)F)C(=O)O)c3c2-c2ccc(OCCN3CCN(C)CC3)c(Cl)c2C)cn1. The molecule has 1 N–H and O–H groups in total. The minimum atomic E-state index is -4.47. The van der Waals surface area contributed by atoms with Gasteiger partial charge >= 0.3 is 12.1 Å². The number of piperazine rings is 1. The van der Waals surface area contributed by atoms with Gasteiger partial charge in [-0.2, -0.15) is 18.3 Å². The number of rotatable bonds is 16. The summed E-state index contributed by atoms with van der Waals surface area (Å²) in [5.41, 5.74) is 3.51. The molecule has 0 spiro atoms. The number of carboxylic acid groups (broad SMARTS) is 1. The fourth-order valence-corrected chi connectivity index (χ4v) is 8.12. The zero-order chi connectivity index (χ0) is 41.7. The average molecular weight is 852 g/mol. The molecule has 13 nitrogen and oxygen atoms in total. The molecule has 0 aliphatic carbocycles. The Bertz CT molecular complexity index is 2400. The highest BCUT2D eigenvalue weighted by Gasteiger charge is 2.30. The summed E-state index contributed by atoms with van der Waals surface area (Å²) in [7, 11) is 3.65. The third-order valence-corrected chi connectivity index (χ3v) is 11.6. The Morgan fingerprint density at radius 1 is 1.00 bits per heavy atom. The molecule has 0 bridgehead atoms. The van der Waals surface area contributed by atoms with Gasteiger partial charge in [0.05, 0.1) is 23.2 Å². The number of benzene rings is 2. The average Bonchev–Trinajstić information content (AvgIpc) is 3.83. The van der Waals surface area contributed by atoms with Gasteiger partial charge in [-0.15, -0.1) is 11.3 Å². The Morgan fingerprint density at radius 3 is 2.53 bits per heavy atom. The van der Waals surface area contributed by atoms with Crippen molar-refractivity contribution in [3.05, 3.63) is 95.2 Å². The number of alkyl halides is 3. The second kappa shape index (κ2) is 18.2. The molecule has 1 aliphatic rings. The van der Waals surface area contributed by atoms with E-state index in [0.29, 0.717) is 44.6 Å². The summed E-state index contributed by atoms with van der Waals surface area (Å²) in [6.45, 7) is 5.56. The Hall–Kier alpha value is -5.49. The van der Waals surface area contributed by atoms with E-state index in [9.17, 15) is 23.1 Å². The van der Waals surface area contributed by atoms with Crippen molar-refractivity contribution < 1.29 is 42.0 Å². The highest BCUT2D eigenvalue weighted by atomic mass is 35.5. The quantitative estimate of drug-likeness (QED) is 0.104. The number of hydrogen-bond acceptors (Lipinski definition) is 12. The third kappa shape index (κ3) is 9.87. The van der Waals surface area contributed by atoms with E-state index in [-0.39, 0.29) is 30.4 Å². The number of fused-ring (bicyclic) bond motifs is 1. The standard InChI is InChI=1S/C41H41ClF3N7O6S/c1-25-29(9-10-31(36(25)42)56-19-18-51-16-14-50(2)15-17-51)34-35-38(47-24-48-39(35)59-37(34)27-8-11-33(55-3)46-21-27)58-32(40(53)54)20-26-6-4-5-7-30(26)57-22-28-12-13-49-52(28)23-41(43,44)45/h4-13,21,24,32H,14-20,22-23H2,1-3H3,(H,53,54)/t32-/m1/s1. The van der Waals surface area contributed by atoms with Crippen LogP contribution < -0.4 is 18.9 Å². The summed E-state index contributed by atoms with van der Waals surface area (Å²) < 4.78 is 63.9. The molecule has 0 saturated carbocycles. The van der Waals surface area contributed by atoms with Crippen LogP contribution in [0.25, 0.3) is 31.8 Å². The van der Waals surface area contributed by atoms with Crippen molar-refractivity contribution in [1.82, 2.24) is 34.5 Å². The van der Waals surface area contributed by atoms with Crippen LogP contribution in [0, 0.1) is 6.92 Å². The summed E-state index contributed by atoms with van der Waals surface area (Å²) in [6.07, 6.45) is -1.85. The summed E-state index contributed by atoms with van der Waals surface area (Å²) >= 11 is 8.39. The largest absolute Gasteiger partial charge is 0.491 e. The Morgan fingerprint density at radius 2 is 1.80 bits per heavy atom. The third-order valence-electron chi connectivity index (χ3n) is 9.96. The van der Waals surface area contributed by atoms with Crippen molar-refractivity contribution >= 4 is 39.1 Å². The molecule has 4 aromatic heterocycles. The smallest absolute Gasteiger partial charge is 0.408 e. The predicted octanol–water partition coefficient (Wildman–Crippen LogP) is 7.43. The molecule has 310 valence electrons. The summed E-state index contributed by atoms with van der Waals surface area (Å²) in [6, 6.07) is 15.4. The molecule has 0 unspecified atom stereocenters. The van der Waals surface area contributed by atoms with Crippen molar-refractivity contribution in [2.45, 2.75) is 38.8 Å². The van der Waals surface area contributed by atoms with E-state index in [1.165, 1.54) is 37.0 Å². The van der Waals surface area contributed by atoms with Gasteiger partial charge in [0, 0.05) is 73.6 Å². The number of ether oxygens (including phenoxy) is 4. The highest BCUT2D eigenvalue weighted by Crippen LogP contribution is 2.49. The van der Waals surface area contributed by atoms with Crippen LogP contribution in [-0.2, 0) is 24.4 Å². The first-order valence-electron chi connectivity index (χ1n) is 18.7. The lowest BCUT2D eigenvalue weighted by Gasteiger charge is -2.32. The molecule has 59 heavy (non-hydrogen) atoms. The van der Waals surface area contributed by atoms with Crippen LogP contribution >= 0.6 is 22.9 Å². The fraction of sp³-hybridized carbons (Fsp3) is 0.341. The molecule has 5 heterocycles. The van der Waals surface area contributed by atoms with Gasteiger partial charge in [-0.05, 0) is 54.9 Å². The van der Waals surface area contributed by atoms with E-state index in [1.807, 2.05) is 25.1 Å². The minimum absolute atomic E-state index is 0.0267. The number of carbonyl (C=O) groups is 1. The number of pyridine rings is 1. The minimum Gasteiger partial charge on any atom is -0.491 e. The molecule has 2 aromatic carbocycles. The van der Waals surface area contributed by atoms with Crippen molar-refractivity contribution in [1.29, 1.82) is 0 Å². The number of thiophene rings is 1. The molecule has 1 fully saturated rings. The van der Waals surface area contributed by atoms with Crippen molar-refractivity contribution in [2.75, 3.05) is 53.5 Å². The normalized spacial score (nSPS) is 14.4. The van der Waals surface area contributed by atoms with Crippen LogP contribution in [0.3, 0.4) is 0 Å². The molecule has 18 heteroatoms. The van der Waals surface area contributed by atoms with E-state index in [0.717, 1.165) is 59.0 Å². The maximum absolute atomic E-state index is 13.1. The Kier molecular flexibility index (Phi) is 12.8. The lowest BCUT2D eigenvalue weighted by molar-refractivity contribution is -0.145. The molecule has 6 aromatic rings. The van der Waals surface area contributed by atoms with Gasteiger partial charge in [-0.1, -0.05) is 35.9 Å². The first-order chi connectivity index (χ1) is 28.4. The van der Waals surface area contributed by atoms with Crippen LogP contribution in [0.15, 0.2) is 73.3 Å². The second-order valence-corrected chi connectivity index (χ2v) is 15.3. The Balaban J connectivity index is 1.20. The van der Waals surface area contributed by atoms with Crippen molar-refractivity contribution in [3.8, 4) is 44.8 Å². The van der Waals surface area contributed by atoms with Gasteiger partial charge in [0.1, 0.15) is 42.4 Å². The van der Waals surface area contributed by atoms with Gasteiger partial charge < -0.3 is 29.0 Å². The van der Waals surface area contributed by atoms with Crippen LogP contribution in [0.1, 0.15) is 16.8 Å². The summed E-state index contributed by atoms with van der Waals surface area (Å²) in [5, 5.41) is 15.2. The summed E-state index contributed by atoms with van der Waals surface area (Å²) in [4.78, 5) is 32.3. The number of likely N-dealkylation sites (N-methyl/N-ethyl adjacent to an activating group) is 1. The van der Waals surface area contributed by atoms with Crippen molar-refractivity contribution in [3.63, 3.8) is 0 Å². The molecular weight excluding hydrogens is 811 g/mol. The fourth-order valence-electron chi connectivity index (χ4n) is 6.76. The van der Waals surface area contributed by atoms with Gasteiger partial charge in [0.2, 0.25) is 17.9 Å². The topological polar surface area (TPSA) is 137 Å². The number of aliphatic carboxylic acids is 1.